The van der Waals surface area contributed by atoms with Gasteiger partial charge in [0, 0.05) is 14.1 Å². The van der Waals surface area contributed by atoms with Crippen LogP contribution in [0.15, 0.2) is 53.1 Å². The maximum Gasteiger partial charge on any atom is 0.241 e. The lowest BCUT2D eigenvalue weighted by atomic mass is 10.0. The highest BCUT2D eigenvalue weighted by Gasteiger charge is 2.17. The van der Waals surface area contributed by atoms with Gasteiger partial charge in [-0.15, -0.1) is 0 Å². The Hall–Kier alpha value is -2.60. The molecular weight excluding hydrogens is 294 g/mol. The summed E-state index contributed by atoms with van der Waals surface area (Å²) in [5, 5.41) is 5.75. The molecule has 0 aliphatic carbocycles. The van der Waals surface area contributed by atoms with Gasteiger partial charge in [0.2, 0.25) is 11.8 Å². The lowest BCUT2D eigenvalue weighted by molar-refractivity contribution is -0.130. The number of hydrogen-bond acceptors (Lipinski definition) is 4. The van der Waals surface area contributed by atoms with Crippen LogP contribution in [-0.2, 0) is 9.59 Å². The number of amides is 2. The average Bonchev–Trinajstić information content (AvgIpc) is 3.08. The topological polar surface area (TPSA) is 74.6 Å². The summed E-state index contributed by atoms with van der Waals surface area (Å²) in [6.45, 7) is 0.0746. The molecule has 1 atom stereocenters. The summed E-state index contributed by atoms with van der Waals surface area (Å²) in [5.41, 5.74) is 1.000. The Morgan fingerprint density at radius 3 is 2.43 bits per heavy atom. The van der Waals surface area contributed by atoms with Gasteiger partial charge in [0.1, 0.15) is 5.76 Å². The fourth-order valence-corrected chi connectivity index (χ4v) is 2.07. The fourth-order valence-electron chi connectivity index (χ4n) is 2.07. The molecule has 2 rings (SSSR count). The van der Waals surface area contributed by atoms with Gasteiger partial charge in [-0.3, -0.25) is 14.9 Å². The van der Waals surface area contributed by atoms with Gasteiger partial charge in [0.05, 0.1) is 25.4 Å². The van der Waals surface area contributed by atoms with Crippen LogP contribution in [0, 0.1) is 0 Å². The molecule has 0 saturated heterocycles. The maximum atomic E-state index is 11.9. The van der Waals surface area contributed by atoms with E-state index in [1.807, 2.05) is 42.5 Å². The second-order valence-electron chi connectivity index (χ2n) is 5.30. The van der Waals surface area contributed by atoms with E-state index in [0.717, 1.165) is 11.3 Å². The first kappa shape index (κ1) is 16.8. The fraction of sp³-hybridized carbons (Fsp3) is 0.294. The predicted molar refractivity (Wildman–Crippen MR) is 86.7 cm³/mol. The molecule has 0 saturated carbocycles. The van der Waals surface area contributed by atoms with Crippen molar-refractivity contribution in [3.63, 3.8) is 0 Å². The van der Waals surface area contributed by atoms with Crippen molar-refractivity contribution < 1.29 is 14.0 Å². The zero-order valence-corrected chi connectivity index (χ0v) is 13.3. The van der Waals surface area contributed by atoms with Gasteiger partial charge in [-0.25, -0.2) is 0 Å². The quantitative estimate of drug-likeness (QED) is 0.804. The normalized spacial score (nSPS) is 11.7. The Morgan fingerprint density at radius 2 is 1.83 bits per heavy atom. The minimum absolute atomic E-state index is 0.00965. The molecule has 6 heteroatoms. The Balaban J connectivity index is 1.94. The van der Waals surface area contributed by atoms with Gasteiger partial charge in [0.15, 0.2) is 0 Å². The van der Waals surface area contributed by atoms with Gasteiger partial charge in [-0.1, -0.05) is 30.3 Å². The van der Waals surface area contributed by atoms with Crippen LogP contribution < -0.4 is 10.6 Å². The zero-order valence-electron chi connectivity index (χ0n) is 13.3. The highest BCUT2D eigenvalue weighted by molar-refractivity contribution is 5.85. The molecule has 0 aliphatic rings. The van der Waals surface area contributed by atoms with E-state index < -0.39 is 0 Å². The number of nitrogens with one attached hydrogen (secondary N) is 2. The monoisotopic (exact) mass is 315 g/mol. The molecule has 6 nitrogen and oxygen atoms in total. The number of rotatable bonds is 7. The highest BCUT2D eigenvalue weighted by Crippen LogP contribution is 2.21. The Labute approximate surface area is 135 Å². The van der Waals surface area contributed by atoms with Crippen molar-refractivity contribution in [3.8, 4) is 0 Å². The van der Waals surface area contributed by atoms with Crippen LogP contribution in [0.3, 0.4) is 0 Å². The van der Waals surface area contributed by atoms with Gasteiger partial charge in [-0.2, -0.15) is 0 Å². The smallest absolute Gasteiger partial charge is 0.241 e. The summed E-state index contributed by atoms with van der Waals surface area (Å²) >= 11 is 0. The third kappa shape index (κ3) is 4.96. The van der Waals surface area contributed by atoms with Crippen molar-refractivity contribution in [2.45, 2.75) is 6.04 Å². The standard InChI is InChI=1S/C17H21N3O3/c1-20(2)16(22)12-18-15(21)11-19-17(14-9-6-10-23-14)13-7-4-3-5-8-13/h3-10,17,19H,11-12H2,1-2H3,(H,18,21)/t17-/m0/s1. The van der Waals surface area contributed by atoms with Crippen LogP contribution in [0.2, 0.25) is 0 Å². The summed E-state index contributed by atoms with van der Waals surface area (Å²) in [6.07, 6.45) is 1.60. The molecule has 0 aliphatic heterocycles. The lowest BCUT2D eigenvalue weighted by Crippen LogP contribution is -2.41. The van der Waals surface area contributed by atoms with E-state index in [2.05, 4.69) is 10.6 Å². The first-order chi connectivity index (χ1) is 11.1. The number of carbonyl (C=O) groups is 2. The van der Waals surface area contributed by atoms with Gasteiger partial charge in [-0.05, 0) is 17.7 Å². The Kier molecular flexibility index (Phi) is 5.94. The average molecular weight is 315 g/mol. The molecule has 0 spiro atoms. The van der Waals surface area contributed by atoms with Crippen LogP contribution in [0.5, 0.6) is 0 Å². The number of nitrogens with zero attached hydrogens (tertiary/aromatic N) is 1. The van der Waals surface area contributed by atoms with Crippen LogP contribution in [-0.4, -0.2) is 43.9 Å². The zero-order chi connectivity index (χ0) is 16.7. The van der Waals surface area contributed by atoms with Crippen molar-refractivity contribution in [1.29, 1.82) is 0 Å². The molecule has 23 heavy (non-hydrogen) atoms. The number of hydrogen-bond donors (Lipinski definition) is 2. The SMILES string of the molecule is CN(C)C(=O)CNC(=O)CN[C@@H](c1ccccc1)c1ccco1. The van der Waals surface area contributed by atoms with Crippen molar-refractivity contribution in [3.05, 3.63) is 60.1 Å². The van der Waals surface area contributed by atoms with E-state index in [4.69, 9.17) is 4.42 Å². The van der Waals surface area contributed by atoms with Crippen molar-refractivity contribution in [2.24, 2.45) is 0 Å². The molecule has 2 N–H and O–H groups in total. The molecule has 122 valence electrons. The minimum Gasteiger partial charge on any atom is -0.467 e. The first-order valence-electron chi connectivity index (χ1n) is 7.36. The third-order valence-electron chi connectivity index (χ3n) is 3.36. The van der Waals surface area contributed by atoms with Crippen LogP contribution in [0.4, 0.5) is 0 Å². The molecule has 1 heterocycles. The summed E-state index contributed by atoms with van der Waals surface area (Å²) in [4.78, 5) is 24.8. The molecule has 0 radical (unpaired) electrons. The van der Waals surface area contributed by atoms with Gasteiger partial charge >= 0.3 is 0 Å². The first-order valence-corrected chi connectivity index (χ1v) is 7.36. The number of likely N-dealkylation sites (N-methyl/N-ethyl adjacent to an activating group) is 1. The second-order valence-corrected chi connectivity index (χ2v) is 5.30. The highest BCUT2D eigenvalue weighted by atomic mass is 16.3. The molecule has 0 fully saturated rings. The molecule has 0 bridgehead atoms. The Bertz CT molecular complexity index is 624. The van der Waals surface area contributed by atoms with E-state index in [9.17, 15) is 9.59 Å². The van der Waals surface area contributed by atoms with Crippen LogP contribution >= 0.6 is 0 Å². The molecule has 0 unspecified atom stereocenters. The third-order valence-corrected chi connectivity index (χ3v) is 3.36. The van der Waals surface area contributed by atoms with Gasteiger partial charge < -0.3 is 14.6 Å². The van der Waals surface area contributed by atoms with E-state index in [1.165, 1.54) is 4.90 Å². The van der Waals surface area contributed by atoms with E-state index in [0.29, 0.717) is 0 Å². The predicted octanol–water partition coefficient (Wildman–Crippen LogP) is 1.16. The summed E-state index contributed by atoms with van der Waals surface area (Å²) in [5.74, 6) is 0.338. The van der Waals surface area contributed by atoms with Crippen LogP contribution in [0.25, 0.3) is 0 Å². The number of benzene rings is 1. The van der Waals surface area contributed by atoms with E-state index in [1.54, 1.807) is 20.4 Å². The summed E-state index contributed by atoms with van der Waals surface area (Å²) < 4.78 is 5.46. The van der Waals surface area contributed by atoms with Crippen LogP contribution in [0.1, 0.15) is 17.4 Å². The minimum atomic E-state index is -0.243. The van der Waals surface area contributed by atoms with Gasteiger partial charge in [0.25, 0.3) is 0 Å². The summed E-state index contributed by atoms with van der Waals surface area (Å²) in [7, 11) is 3.30. The lowest BCUT2D eigenvalue weighted by Gasteiger charge is -2.17. The second kappa shape index (κ2) is 8.14. The van der Waals surface area contributed by atoms with Crippen molar-refractivity contribution in [1.82, 2.24) is 15.5 Å². The molecular formula is C17H21N3O3. The number of furan rings is 1. The Morgan fingerprint density at radius 1 is 1.09 bits per heavy atom. The van der Waals surface area contributed by atoms with Crippen molar-refractivity contribution >= 4 is 11.8 Å². The van der Waals surface area contributed by atoms with E-state index in [-0.39, 0.29) is 30.9 Å². The van der Waals surface area contributed by atoms with Crippen molar-refractivity contribution in [2.75, 3.05) is 27.2 Å². The molecule has 2 aromatic rings. The number of carbonyl (C=O) groups excluding carboxylic acids is 2. The summed E-state index contributed by atoms with van der Waals surface area (Å²) in [6, 6.07) is 13.2. The molecule has 2 amide bonds. The van der Waals surface area contributed by atoms with E-state index >= 15 is 0 Å². The largest absolute Gasteiger partial charge is 0.467 e. The molecule has 1 aromatic heterocycles. The maximum absolute atomic E-state index is 11.9. The molecule has 1 aromatic carbocycles.